The average molecular weight is 304 g/mol. The predicted octanol–water partition coefficient (Wildman–Crippen LogP) is 4.89. The molecule has 0 heterocycles. The zero-order chi connectivity index (χ0) is 16.4. The number of allylic oxidation sites excluding steroid dienone is 2. The van der Waals surface area contributed by atoms with Gasteiger partial charge in [0.2, 0.25) is 0 Å². The summed E-state index contributed by atoms with van der Waals surface area (Å²) in [6, 6.07) is 8.38. The van der Waals surface area contributed by atoms with Crippen LogP contribution in [0.5, 0.6) is 0 Å². The van der Waals surface area contributed by atoms with E-state index in [4.69, 9.17) is 14.2 Å². The van der Waals surface area contributed by atoms with Crippen molar-refractivity contribution in [1.82, 2.24) is 0 Å². The van der Waals surface area contributed by atoms with E-state index in [1.165, 1.54) is 0 Å². The fourth-order valence-electron chi connectivity index (χ4n) is 1.94. The Labute approximate surface area is 134 Å². The van der Waals surface area contributed by atoms with Gasteiger partial charge in [0.25, 0.3) is 0 Å². The zero-order valence-corrected chi connectivity index (χ0v) is 14.4. The van der Waals surface area contributed by atoms with Gasteiger partial charge in [-0.1, -0.05) is 25.1 Å². The Morgan fingerprint density at radius 2 is 1.77 bits per heavy atom. The van der Waals surface area contributed by atoms with E-state index >= 15 is 0 Å². The Bertz CT molecular complexity index is 503. The number of hydrogen-bond acceptors (Lipinski definition) is 3. The summed E-state index contributed by atoms with van der Waals surface area (Å²) in [4.78, 5) is 0. The summed E-state index contributed by atoms with van der Waals surface area (Å²) in [6.07, 6.45) is 4.70. The Balaban J connectivity index is 2.78. The lowest BCUT2D eigenvalue weighted by atomic mass is 10.0. The quantitative estimate of drug-likeness (QED) is 0.480. The predicted molar refractivity (Wildman–Crippen MR) is 92.4 cm³/mol. The summed E-state index contributed by atoms with van der Waals surface area (Å²) in [6.45, 7) is 9.53. The van der Waals surface area contributed by atoms with Gasteiger partial charge in [-0.3, -0.25) is 0 Å². The molecule has 0 saturated heterocycles. The molecule has 0 spiro atoms. The van der Waals surface area contributed by atoms with E-state index in [-0.39, 0.29) is 6.10 Å². The number of benzene rings is 1. The molecular formula is C19H28O3. The Morgan fingerprint density at radius 1 is 1.14 bits per heavy atom. The minimum Gasteiger partial charge on any atom is -0.501 e. The van der Waals surface area contributed by atoms with Crippen LogP contribution in [0.25, 0.3) is 11.1 Å². The fourth-order valence-corrected chi connectivity index (χ4v) is 1.94. The van der Waals surface area contributed by atoms with Crippen molar-refractivity contribution in [3.63, 3.8) is 0 Å². The van der Waals surface area contributed by atoms with Gasteiger partial charge in [-0.2, -0.15) is 0 Å². The maximum Gasteiger partial charge on any atom is 0.118 e. The van der Waals surface area contributed by atoms with E-state index in [1.807, 2.05) is 20.1 Å². The highest BCUT2D eigenvalue weighted by atomic mass is 16.5. The molecule has 3 nitrogen and oxygen atoms in total. The van der Waals surface area contributed by atoms with Crippen molar-refractivity contribution in [2.24, 2.45) is 0 Å². The molecule has 0 saturated carbocycles. The van der Waals surface area contributed by atoms with Crippen LogP contribution >= 0.6 is 0 Å². The SMILES string of the molecule is CCCO/C=C(\C)c1cccc(/C(C)=C/OC(C)COC)c1. The highest BCUT2D eigenvalue weighted by molar-refractivity contribution is 5.70. The molecule has 0 N–H and O–H groups in total. The lowest BCUT2D eigenvalue weighted by Gasteiger charge is -2.12. The van der Waals surface area contributed by atoms with Crippen LogP contribution < -0.4 is 0 Å². The Morgan fingerprint density at radius 3 is 2.36 bits per heavy atom. The smallest absolute Gasteiger partial charge is 0.118 e. The average Bonchev–Trinajstić information content (AvgIpc) is 2.53. The van der Waals surface area contributed by atoms with E-state index in [0.717, 1.165) is 35.3 Å². The van der Waals surface area contributed by atoms with Gasteiger partial charge in [-0.05, 0) is 55.5 Å². The van der Waals surface area contributed by atoms with E-state index in [2.05, 4.69) is 38.1 Å². The van der Waals surface area contributed by atoms with E-state index in [1.54, 1.807) is 13.4 Å². The number of rotatable bonds is 9. The standard InChI is InChI=1S/C19H28O3/c1-6-10-21-12-15(2)18-8-7-9-19(11-18)16(3)13-22-17(4)14-20-5/h7-9,11-13,17H,6,10,14H2,1-5H3/b15-12+,16-13+. The Kier molecular flexibility index (Phi) is 8.38. The second-order valence-corrected chi connectivity index (χ2v) is 5.46. The Hall–Kier alpha value is -1.74. The number of methoxy groups -OCH3 is 1. The second kappa shape index (κ2) is 10.1. The molecule has 1 aromatic rings. The van der Waals surface area contributed by atoms with E-state index in [9.17, 15) is 0 Å². The van der Waals surface area contributed by atoms with Crippen LogP contribution in [0.1, 0.15) is 45.2 Å². The summed E-state index contributed by atoms with van der Waals surface area (Å²) in [7, 11) is 1.68. The molecule has 0 aliphatic heterocycles. The van der Waals surface area contributed by atoms with Crippen LogP contribution in [0.4, 0.5) is 0 Å². The molecule has 1 atom stereocenters. The lowest BCUT2D eigenvalue weighted by Crippen LogP contribution is -2.11. The first-order chi connectivity index (χ1) is 10.6. The molecule has 1 rings (SSSR count). The largest absolute Gasteiger partial charge is 0.501 e. The van der Waals surface area contributed by atoms with Crippen molar-refractivity contribution >= 4 is 11.1 Å². The molecule has 0 aliphatic carbocycles. The van der Waals surface area contributed by atoms with Gasteiger partial charge >= 0.3 is 0 Å². The zero-order valence-electron chi connectivity index (χ0n) is 14.4. The molecule has 1 unspecified atom stereocenters. The van der Waals surface area contributed by atoms with Crippen LogP contribution in [0.2, 0.25) is 0 Å². The first-order valence-corrected chi connectivity index (χ1v) is 7.78. The van der Waals surface area contributed by atoms with Gasteiger partial charge in [0.05, 0.1) is 25.7 Å². The minimum atomic E-state index is 0.0483. The highest BCUT2D eigenvalue weighted by Gasteiger charge is 2.03. The van der Waals surface area contributed by atoms with Gasteiger partial charge in [0, 0.05) is 7.11 Å². The molecule has 0 fully saturated rings. The van der Waals surface area contributed by atoms with Crippen LogP contribution in [-0.4, -0.2) is 26.4 Å². The van der Waals surface area contributed by atoms with Crippen LogP contribution in [0, 0.1) is 0 Å². The van der Waals surface area contributed by atoms with Crippen LogP contribution in [0.3, 0.4) is 0 Å². The van der Waals surface area contributed by atoms with E-state index in [0.29, 0.717) is 6.61 Å². The van der Waals surface area contributed by atoms with Gasteiger partial charge in [-0.15, -0.1) is 0 Å². The van der Waals surface area contributed by atoms with Crippen molar-refractivity contribution in [2.75, 3.05) is 20.3 Å². The molecule has 0 amide bonds. The summed E-state index contributed by atoms with van der Waals surface area (Å²) in [5.41, 5.74) is 4.51. The molecule has 122 valence electrons. The van der Waals surface area contributed by atoms with Gasteiger partial charge in [0.15, 0.2) is 0 Å². The molecule has 22 heavy (non-hydrogen) atoms. The third kappa shape index (κ3) is 6.35. The van der Waals surface area contributed by atoms with Crippen molar-refractivity contribution in [3.05, 3.63) is 47.9 Å². The van der Waals surface area contributed by atoms with Gasteiger partial charge in [0.1, 0.15) is 6.10 Å². The maximum absolute atomic E-state index is 5.65. The monoisotopic (exact) mass is 304 g/mol. The molecule has 3 heteroatoms. The first kappa shape index (κ1) is 18.3. The van der Waals surface area contributed by atoms with Gasteiger partial charge < -0.3 is 14.2 Å². The van der Waals surface area contributed by atoms with Gasteiger partial charge in [-0.25, -0.2) is 0 Å². The van der Waals surface area contributed by atoms with Crippen molar-refractivity contribution in [2.45, 2.75) is 40.2 Å². The summed E-state index contributed by atoms with van der Waals surface area (Å²) in [5, 5.41) is 0. The topological polar surface area (TPSA) is 27.7 Å². The van der Waals surface area contributed by atoms with Crippen molar-refractivity contribution in [1.29, 1.82) is 0 Å². The number of ether oxygens (including phenoxy) is 3. The van der Waals surface area contributed by atoms with Crippen LogP contribution in [0.15, 0.2) is 36.8 Å². The molecule has 0 aliphatic rings. The molecule has 1 aromatic carbocycles. The summed E-state index contributed by atoms with van der Waals surface area (Å²) >= 11 is 0. The van der Waals surface area contributed by atoms with E-state index < -0.39 is 0 Å². The third-order valence-corrected chi connectivity index (χ3v) is 3.23. The molecule has 0 bridgehead atoms. The van der Waals surface area contributed by atoms with Crippen molar-refractivity contribution < 1.29 is 14.2 Å². The molecule has 0 aromatic heterocycles. The maximum atomic E-state index is 5.65. The molecule has 0 radical (unpaired) electrons. The minimum absolute atomic E-state index is 0.0483. The fraction of sp³-hybridized carbons (Fsp3) is 0.474. The summed E-state index contributed by atoms with van der Waals surface area (Å²) < 4.78 is 16.2. The lowest BCUT2D eigenvalue weighted by molar-refractivity contribution is 0.0638. The third-order valence-electron chi connectivity index (χ3n) is 3.23. The number of hydrogen-bond donors (Lipinski definition) is 0. The first-order valence-electron chi connectivity index (χ1n) is 7.78. The second-order valence-electron chi connectivity index (χ2n) is 5.46. The summed E-state index contributed by atoms with van der Waals surface area (Å²) in [5.74, 6) is 0. The normalized spacial score (nSPS) is 13.9. The van der Waals surface area contributed by atoms with Crippen LogP contribution in [-0.2, 0) is 14.2 Å². The van der Waals surface area contributed by atoms with Crippen molar-refractivity contribution in [3.8, 4) is 0 Å². The molecular weight excluding hydrogens is 276 g/mol. The highest BCUT2D eigenvalue weighted by Crippen LogP contribution is 2.20.